The first kappa shape index (κ1) is 22.1. The number of hydrogen-bond acceptors (Lipinski definition) is 5. The molecule has 3 heterocycles. The molecule has 9 heteroatoms. The number of aryl methyl sites for hydroxylation is 2. The van der Waals surface area contributed by atoms with Gasteiger partial charge in [-0.3, -0.25) is 10.3 Å². The number of aromatic nitrogens is 2. The van der Waals surface area contributed by atoms with Gasteiger partial charge in [0.25, 0.3) is 0 Å². The summed E-state index contributed by atoms with van der Waals surface area (Å²) in [6.07, 6.45) is 3.72. The average molecular weight is 457 g/mol. The SMILES string of the molecule is CCn1cc(C2=NNC(O)N2c2cn(CCCN)c3ccc(F)cc23)c2ccccc21.Cl. The molecule has 32 heavy (non-hydrogen) atoms. The molecule has 4 aromatic rings. The summed E-state index contributed by atoms with van der Waals surface area (Å²) < 4.78 is 18.4. The average Bonchev–Trinajstić information content (AvgIpc) is 3.44. The number of nitrogens with zero attached hydrogens (tertiary/aromatic N) is 4. The molecule has 0 fully saturated rings. The van der Waals surface area contributed by atoms with Gasteiger partial charge in [-0.25, -0.2) is 4.39 Å². The van der Waals surface area contributed by atoms with Gasteiger partial charge >= 0.3 is 0 Å². The van der Waals surface area contributed by atoms with Gasteiger partial charge in [0.05, 0.1) is 11.2 Å². The van der Waals surface area contributed by atoms with Crippen LogP contribution in [0.1, 0.15) is 18.9 Å². The van der Waals surface area contributed by atoms with E-state index in [4.69, 9.17) is 5.73 Å². The number of hydrazone groups is 1. The summed E-state index contributed by atoms with van der Waals surface area (Å²) in [5, 5.41) is 17.0. The van der Waals surface area contributed by atoms with Crippen LogP contribution in [0.4, 0.5) is 10.1 Å². The summed E-state index contributed by atoms with van der Waals surface area (Å²) in [4.78, 5) is 1.72. The summed E-state index contributed by atoms with van der Waals surface area (Å²) >= 11 is 0. The molecule has 0 amide bonds. The van der Waals surface area contributed by atoms with E-state index in [2.05, 4.69) is 32.7 Å². The van der Waals surface area contributed by atoms with Crippen molar-refractivity contribution in [3.05, 3.63) is 66.2 Å². The van der Waals surface area contributed by atoms with Crippen LogP contribution >= 0.6 is 12.4 Å². The number of amidine groups is 1. The Morgan fingerprint density at radius 1 is 1.09 bits per heavy atom. The van der Waals surface area contributed by atoms with Gasteiger partial charge in [0.1, 0.15) is 5.82 Å². The van der Waals surface area contributed by atoms with Crippen LogP contribution in [0.25, 0.3) is 21.8 Å². The Hall–Kier alpha value is -3.07. The highest BCUT2D eigenvalue weighted by atomic mass is 35.5. The summed E-state index contributed by atoms with van der Waals surface area (Å²) in [5.41, 5.74) is 12.1. The first-order valence-corrected chi connectivity index (χ1v) is 10.5. The highest BCUT2D eigenvalue weighted by Gasteiger charge is 2.32. The second-order valence-electron chi connectivity index (χ2n) is 7.67. The summed E-state index contributed by atoms with van der Waals surface area (Å²) in [5.74, 6) is 0.270. The number of aliphatic hydroxyl groups is 1. The van der Waals surface area contributed by atoms with Gasteiger partial charge in [-0.1, -0.05) is 18.2 Å². The van der Waals surface area contributed by atoms with Crippen molar-refractivity contribution in [2.45, 2.75) is 32.8 Å². The lowest BCUT2D eigenvalue weighted by Crippen LogP contribution is -2.40. The highest BCUT2D eigenvalue weighted by molar-refractivity contribution is 6.20. The van der Waals surface area contributed by atoms with Crippen LogP contribution in [0, 0.1) is 5.82 Å². The van der Waals surface area contributed by atoms with Gasteiger partial charge in [0.15, 0.2) is 5.84 Å². The van der Waals surface area contributed by atoms with Crippen molar-refractivity contribution in [2.24, 2.45) is 10.8 Å². The molecule has 0 aliphatic carbocycles. The van der Waals surface area contributed by atoms with E-state index >= 15 is 0 Å². The zero-order valence-electron chi connectivity index (χ0n) is 17.7. The maximum absolute atomic E-state index is 14.2. The molecule has 5 rings (SSSR count). The molecule has 7 nitrogen and oxygen atoms in total. The van der Waals surface area contributed by atoms with Crippen LogP contribution in [0.5, 0.6) is 0 Å². The Morgan fingerprint density at radius 2 is 1.88 bits per heavy atom. The Balaban J connectivity index is 0.00000245. The van der Waals surface area contributed by atoms with Crippen molar-refractivity contribution in [1.82, 2.24) is 14.6 Å². The fourth-order valence-corrected chi connectivity index (χ4v) is 4.36. The number of benzene rings is 2. The molecule has 2 aromatic heterocycles. The molecule has 1 aliphatic heterocycles. The number of anilines is 1. The summed E-state index contributed by atoms with van der Waals surface area (Å²) in [6, 6.07) is 12.8. The maximum Gasteiger partial charge on any atom is 0.226 e. The second-order valence-corrected chi connectivity index (χ2v) is 7.67. The van der Waals surface area contributed by atoms with Crippen molar-refractivity contribution in [3.8, 4) is 0 Å². The van der Waals surface area contributed by atoms with Crippen molar-refractivity contribution in [3.63, 3.8) is 0 Å². The quantitative estimate of drug-likeness (QED) is 0.414. The first-order valence-electron chi connectivity index (χ1n) is 10.5. The van der Waals surface area contributed by atoms with Crippen LogP contribution < -0.4 is 16.1 Å². The number of halogens is 2. The topological polar surface area (TPSA) is 83.7 Å². The molecule has 4 N–H and O–H groups in total. The second kappa shape index (κ2) is 8.82. The molecule has 0 bridgehead atoms. The molecular weight excluding hydrogens is 431 g/mol. The summed E-state index contributed by atoms with van der Waals surface area (Å²) in [6.45, 7) is 4.17. The minimum atomic E-state index is -1.06. The largest absolute Gasteiger partial charge is 0.355 e. The van der Waals surface area contributed by atoms with Crippen LogP contribution in [-0.2, 0) is 13.1 Å². The van der Waals surface area contributed by atoms with Gasteiger partial charge in [-0.05, 0) is 44.2 Å². The Bertz CT molecular complexity index is 1300. The molecule has 0 radical (unpaired) electrons. The van der Waals surface area contributed by atoms with Gasteiger partial charge in [-0.15, -0.1) is 12.4 Å². The molecule has 1 atom stereocenters. The van der Waals surface area contributed by atoms with E-state index < -0.39 is 6.35 Å². The van der Waals surface area contributed by atoms with E-state index in [1.54, 1.807) is 11.0 Å². The van der Waals surface area contributed by atoms with Gasteiger partial charge in [0, 0.05) is 47.3 Å². The molecule has 0 spiro atoms. The van der Waals surface area contributed by atoms with Gasteiger partial charge < -0.3 is 20.0 Å². The molecule has 0 saturated heterocycles. The molecule has 1 unspecified atom stereocenters. The normalized spacial score (nSPS) is 15.8. The van der Waals surface area contributed by atoms with E-state index in [1.807, 2.05) is 30.6 Å². The van der Waals surface area contributed by atoms with Crippen LogP contribution in [0.3, 0.4) is 0 Å². The zero-order chi connectivity index (χ0) is 21.5. The van der Waals surface area contributed by atoms with Crippen molar-refractivity contribution in [1.29, 1.82) is 0 Å². The van der Waals surface area contributed by atoms with Crippen LogP contribution in [0.15, 0.2) is 60.0 Å². The lowest BCUT2D eigenvalue weighted by molar-refractivity contribution is 0.159. The zero-order valence-corrected chi connectivity index (χ0v) is 18.5. The smallest absolute Gasteiger partial charge is 0.226 e. The monoisotopic (exact) mass is 456 g/mol. The fraction of sp³-hybridized carbons (Fsp3) is 0.261. The third-order valence-corrected chi connectivity index (χ3v) is 5.81. The number of rotatable bonds is 6. The first-order chi connectivity index (χ1) is 15.1. The molecule has 2 aromatic carbocycles. The third-order valence-electron chi connectivity index (χ3n) is 5.81. The fourth-order valence-electron chi connectivity index (χ4n) is 4.36. The molecule has 1 aliphatic rings. The number of fused-ring (bicyclic) bond motifs is 2. The van der Waals surface area contributed by atoms with Gasteiger partial charge in [-0.2, -0.15) is 5.10 Å². The van der Waals surface area contributed by atoms with Crippen molar-refractivity contribution < 1.29 is 9.50 Å². The van der Waals surface area contributed by atoms with Crippen LogP contribution in [-0.4, -0.2) is 33.0 Å². The lowest BCUT2D eigenvalue weighted by atomic mass is 10.1. The molecular formula is C23H26ClFN6O. The minimum absolute atomic E-state index is 0. The van der Waals surface area contributed by atoms with E-state index in [-0.39, 0.29) is 18.2 Å². The van der Waals surface area contributed by atoms with Gasteiger partial charge in [0.2, 0.25) is 6.35 Å². The standard InChI is InChI=1S/C23H25FN6O.ClH/c1-2-28-13-18(16-6-3-4-7-19(16)28)22-26-27-23(31)30(22)21-14-29(11-5-10-25)20-9-8-15(24)12-17(20)21;/h3-4,6-9,12-14,23,27,31H,2,5,10-11,25H2,1H3;1H. The van der Waals surface area contributed by atoms with E-state index in [9.17, 15) is 9.50 Å². The Kier molecular flexibility index (Phi) is 6.10. The lowest BCUT2D eigenvalue weighted by Gasteiger charge is -2.22. The van der Waals surface area contributed by atoms with E-state index in [1.165, 1.54) is 12.1 Å². The molecule has 168 valence electrons. The highest BCUT2D eigenvalue weighted by Crippen LogP contribution is 2.35. The number of aliphatic hydroxyl groups excluding tert-OH is 1. The summed E-state index contributed by atoms with van der Waals surface area (Å²) in [7, 11) is 0. The maximum atomic E-state index is 14.2. The number of nitrogens with two attached hydrogens (primary N) is 1. The minimum Gasteiger partial charge on any atom is -0.355 e. The predicted octanol–water partition coefficient (Wildman–Crippen LogP) is 3.57. The molecule has 0 saturated carbocycles. The number of nitrogens with one attached hydrogen (secondary N) is 1. The number of para-hydroxylation sites is 1. The van der Waals surface area contributed by atoms with Crippen molar-refractivity contribution >= 4 is 45.7 Å². The van der Waals surface area contributed by atoms with Crippen LogP contribution in [0.2, 0.25) is 0 Å². The third kappa shape index (κ3) is 3.50. The van der Waals surface area contributed by atoms with E-state index in [0.29, 0.717) is 30.0 Å². The Labute approximate surface area is 191 Å². The number of hydrogen-bond donors (Lipinski definition) is 3. The van der Waals surface area contributed by atoms with E-state index in [0.717, 1.165) is 34.9 Å². The predicted molar refractivity (Wildman–Crippen MR) is 129 cm³/mol. The Morgan fingerprint density at radius 3 is 2.66 bits per heavy atom. The van der Waals surface area contributed by atoms with Crippen molar-refractivity contribution in [2.75, 3.05) is 11.4 Å².